The largest absolute Gasteiger partial charge is 0.508 e. The van der Waals surface area contributed by atoms with Gasteiger partial charge >= 0.3 is 0 Å². The molecule has 3 aliphatic carbocycles. The fraction of sp³-hybridized carbons (Fsp3) is 0.462. The van der Waals surface area contributed by atoms with Gasteiger partial charge in [0.1, 0.15) is 5.75 Å². The summed E-state index contributed by atoms with van der Waals surface area (Å²) < 4.78 is 0. The Hall–Kier alpha value is -2.06. The van der Waals surface area contributed by atoms with Gasteiger partial charge in [0.2, 0.25) is 0 Å². The average Bonchev–Trinajstić information content (AvgIpc) is 2.98. The van der Waals surface area contributed by atoms with Gasteiger partial charge in [-0.25, -0.2) is 0 Å². The molecular formula is C26H30O2. The van der Waals surface area contributed by atoms with Crippen LogP contribution in [0.15, 0.2) is 54.6 Å². The molecule has 0 aliphatic heterocycles. The molecule has 2 aromatic rings. The van der Waals surface area contributed by atoms with Crippen molar-refractivity contribution in [2.45, 2.75) is 57.0 Å². The van der Waals surface area contributed by atoms with Gasteiger partial charge in [0, 0.05) is 5.41 Å². The Kier molecular flexibility index (Phi) is 4.17. The molecule has 0 radical (unpaired) electrons. The third-order valence-electron chi connectivity index (χ3n) is 8.28. The Labute approximate surface area is 167 Å². The molecule has 3 aliphatic rings. The molecule has 2 nitrogen and oxygen atoms in total. The number of hydrogen-bond donors (Lipinski definition) is 2. The van der Waals surface area contributed by atoms with Gasteiger partial charge in [0.25, 0.3) is 0 Å². The standard InChI is InChI=1S/C26H30O2/c1-25-14-12-22-21-10-8-20(27)17-19(21)7-9-23(22)24(25)13-16-26(25,28)15-11-18-5-3-2-4-6-18/h2-6,8,10-11,15,17,22-24,27-28H,7,9,12-14,16H2,1H3. The highest BCUT2D eigenvalue weighted by Gasteiger charge is 2.60. The Morgan fingerprint density at radius 3 is 2.64 bits per heavy atom. The van der Waals surface area contributed by atoms with E-state index in [-0.39, 0.29) is 5.41 Å². The normalized spacial score (nSPS) is 36.7. The fourth-order valence-electron chi connectivity index (χ4n) is 6.69. The predicted molar refractivity (Wildman–Crippen MR) is 113 cm³/mol. The van der Waals surface area contributed by atoms with Gasteiger partial charge in [-0.1, -0.05) is 55.5 Å². The zero-order valence-electron chi connectivity index (χ0n) is 16.6. The van der Waals surface area contributed by atoms with E-state index in [4.69, 9.17) is 0 Å². The maximum Gasteiger partial charge on any atom is 0.115 e. The van der Waals surface area contributed by atoms with E-state index in [2.05, 4.69) is 37.3 Å². The second-order valence-corrected chi connectivity index (χ2v) is 9.46. The zero-order chi connectivity index (χ0) is 19.4. The maximum absolute atomic E-state index is 11.7. The van der Waals surface area contributed by atoms with Crippen molar-refractivity contribution in [3.63, 3.8) is 0 Å². The number of aryl methyl sites for hydroxylation is 1. The molecule has 2 fully saturated rings. The van der Waals surface area contributed by atoms with Crippen LogP contribution < -0.4 is 0 Å². The van der Waals surface area contributed by atoms with Gasteiger partial charge in [-0.3, -0.25) is 0 Å². The average molecular weight is 375 g/mol. The summed E-state index contributed by atoms with van der Waals surface area (Å²) in [6.45, 7) is 2.34. The summed E-state index contributed by atoms with van der Waals surface area (Å²) in [5, 5.41) is 21.6. The van der Waals surface area contributed by atoms with Gasteiger partial charge < -0.3 is 10.2 Å². The van der Waals surface area contributed by atoms with Crippen molar-refractivity contribution in [3.8, 4) is 5.75 Å². The van der Waals surface area contributed by atoms with Crippen molar-refractivity contribution in [2.24, 2.45) is 17.3 Å². The minimum atomic E-state index is -0.715. The van der Waals surface area contributed by atoms with Crippen LogP contribution in [-0.4, -0.2) is 15.8 Å². The minimum Gasteiger partial charge on any atom is -0.508 e. The van der Waals surface area contributed by atoms with E-state index in [1.807, 2.05) is 30.3 Å². The van der Waals surface area contributed by atoms with Gasteiger partial charge in [0.15, 0.2) is 0 Å². The molecule has 0 bridgehead atoms. The summed E-state index contributed by atoms with van der Waals surface area (Å²) in [5.41, 5.74) is 3.18. The Bertz CT molecular complexity index is 902. The van der Waals surface area contributed by atoms with E-state index in [1.165, 1.54) is 17.5 Å². The second-order valence-electron chi connectivity index (χ2n) is 9.46. The lowest BCUT2D eigenvalue weighted by atomic mass is 9.53. The monoisotopic (exact) mass is 374 g/mol. The van der Waals surface area contributed by atoms with E-state index in [1.54, 1.807) is 0 Å². The van der Waals surface area contributed by atoms with E-state index in [0.717, 1.165) is 37.7 Å². The molecule has 2 N–H and O–H groups in total. The van der Waals surface area contributed by atoms with Crippen LogP contribution >= 0.6 is 0 Å². The number of fused-ring (bicyclic) bond motifs is 5. The van der Waals surface area contributed by atoms with Crippen LogP contribution in [0.4, 0.5) is 0 Å². The SMILES string of the molecule is CC12CCC3c4ccc(O)cc4CCC3C1CCC2(O)C=Cc1ccccc1. The molecule has 0 heterocycles. The number of rotatable bonds is 2. The van der Waals surface area contributed by atoms with Crippen molar-refractivity contribution in [3.05, 3.63) is 71.3 Å². The summed E-state index contributed by atoms with van der Waals surface area (Å²) in [6.07, 6.45) is 10.6. The van der Waals surface area contributed by atoms with Crippen molar-refractivity contribution in [1.82, 2.24) is 0 Å². The molecule has 2 aromatic carbocycles. The smallest absolute Gasteiger partial charge is 0.115 e. The molecule has 2 saturated carbocycles. The highest BCUT2D eigenvalue weighted by atomic mass is 16.3. The molecule has 0 amide bonds. The quantitative estimate of drug-likeness (QED) is 0.708. The van der Waals surface area contributed by atoms with Crippen LogP contribution in [0.3, 0.4) is 0 Å². The first-order valence-corrected chi connectivity index (χ1v) is 10.8. The molecule has 2 heteroatoms. The summed E-state index contributed by atoms with van der Waals surface area (Å²) in [7, 11) is 0. The predicted octanol–water partition coefficient (Wildman–Crippen LogP) is 5.69. The molecule has 0 saturated heterocycles. The number of phenolic OH excluding ortho intramolecular Hbond substituents is 1. The zero-order valence-corrected chi connectivity index (χ0v) is 16.6. The Morgan fingerprint density at radius 1 is 1.00 bits per heavy atom. The molecule has 5 atom stereocenters. The fourth-order valence-corrected chi connectivity index (χ4v) is 6.69. The minimum absolute atomic E-state index is 0.0477. The van der Waals surface area contributed by atoms with Crippen LogP contribution in [0.5, 0.6) is 5.75 Å². The Balaban J connectivity index is 1.44. The Morgan fingerprint density at radius 2 is 1.82 bits per heavy atom. The van der Waals surface area contributed by atoms with Gasteiger partial charge in [-0.2, -0.15) is 0 Å². The lowest BCUT2D eigenvalue weighted by Gasteiger charge is -2.52. The molecule has 146 valence electrons. The number of hydrogen-bond acceptors (Lipinski definition) is 2. The van der Waals surface area contributed by atoms with Crippen molar-refractivity contribution < 1.29 is 10.2 Å². The molecule has 0 spiro atoms. The molecule has 0 aromatic heterocycles. The second kappa shape index (κ2) is 6.49. The molecule has 5 rings (SSSR count). The first-order valence-electron chi connectivity index (χ1n) is 10.8. The summed E-state index contributed by atoms with van der Waals surface area (Å²) >= 11 is 0. The maximum atomic E-state index is 11.7. The van der Waals surface area contributed by atoms with Crippen molar-refractivity contribution in [1.29, 1.82) is 0 Å². The number of aliphatic hydroxyl groups is 1. The number of aromatic hydroxyl groups is 1. The van der Waals surface area contributed by atoms with Crippen LogP contribution in [0, 0.1) is 17.3 Å². The van der Waals surface area contributed by atoms with E-state index in [9.17, 15) is 10.2 Å². The first-order chi connectivity index (χ1) is 13.5. The van der Waals surface area contributed by atoms with Crippen molar-refractivity contribution >= 4 is 6.08 Å². The summed E-state index contributed by atoms with van der Waals surface area (Å²) in [4.78, 5) is 0. The first kappa shape index (κ1) is 18.0. The van der Waals surface area contributed by atoms with Crippen LogP contribution in [0.1, 0.15) is 61.6 Å². The van der Waals surface area contributed by atoms with Gasteiger partial charge in [-0.05, 0) is 85.1 Å². The van der Waals surface area contributed by atoms with E-state index in [0.29, 0.717) is 23.5 Å². The topological polar surface area (TPSA) is 40.5 Å². The number of phenols is 1. The van der Waals surface area contributed by atoms with Crippen molar-refractivity contribution in [2.75, 3.05) is 0 Å². The lowest BCUT2D eigenvalue weighted by Crippen LogP contribution is -2.49. The molecule has 5 unspecified atom stereocenters. The van der Waals surface area contributed by atoms with Crippen LogP contribution in [0.2, 0.25) is 0 Å². The summed E-state index contributed by atoms with van der Waals surface area (Å²) in [6, 6.07) is 16.3. The number of benzene rings is 2. The van der Waals surface area contributed by atoms with E-state index >= 15 is 0 Å². The van der Waals surface area contributed by atoms with Gasteiger partial charge in [0.05, 0.1) is 5.60 Å². The molecular weight excluding hydrogens is 344 g/mol. The highest BCUT2D eigenvalue weighted by molar-refractivity contribution is 5.51. The van der Waals surface area contributed by atoms with Gasteiger partial charge in [-0.15, -0.1) is 0 Å². The lowest BCUT2D eigenvalue weighted by molar-refractivity contribution is -0.0705. The van der Waals surface area contributed by atoms with E-state index < -0.39 is 5.60 Å². The third kappa shape index (κ3) is 2.65. The third-order valence-corrected chi connectivity index (χ3v) is 8.28. The van der Waals surface area contributed by atoms with Crippen LogP contribution in [-0.2, 0) is 6.42 Å². The molecule has 28 heavy (non-hydrogen) atoms. The highest BCUT2D eigenvalue weighted by Crippen LogP contribution is 2.64. The van der Waals surface area contributed by atoms with Crippen LogP contribution in [0.25, 0.3) is 6.08 Å². The summed E-state index contributed by atoms with van der Waals surface area (Å²) in [5.74, 6) is 2.19.